The lowest BCUT2D eigenvalue weighted by molar-refractivity contribution is -0.141. The first-order valence-corrected chi connectivity index (χ1v) is 16.5. The second-order valence-corrected chi connectivity index (χ2v) is 14.2. The van der Waals surface area contributed by atoms with Crippen LogP contribution in [0.4, 0.5) is 0 Å². The zero-order valence-electron chi connectivity index (χ0n) is 22.0. The Bertz CT molecular complexity index is 1590. The number of likely N-dealkylation sites (tertiary alicyclic amines) is 2. The quantitative estimate of drug-likeness (QED) is 0.177. The van der Waals surface area contributed by atoms with E-state index in [1.807, 2.05) is 36.4 Å². The highest BCUT2D eigenvalue weighted by Gasteiger charge is 2.76. The number of carbonyl (C=O) groups is 4. The van der Waals surface area contributed by atoms with E-state index >= 15 is 0 Å². The van der Waals surface area contributed by atoms with Crippen LogP contribution in [0.5, 0.6) is 11.5 Å². The summed E-state index contributed by atoms with van der Waals surface area (Å²) in [5.41, 5.74) is 1.77. The molecular formula is C29H23Br3Cl2N2O6. The summed E-state index contributed by atoms with van der Waals surface area (Å²) in [6.45, 7) is 0.130. The smallest absolute Gasteiger partial charge is 0.254 e. The lowest BCUT2D eigenvalue weighted by Gasteiger charge is -2.51. The van der Waals surface area contributed by atoms with Gasteiger partial charge in [0.2, 0.25) is 11.8 Å². The van der Waals surface area contributed by atoms with Gasteiger partial charge in [-0.05, 0) is 67.8 Å². The van der Waals surface area contributed by atoms with E-state index < -0.39 is 45.2 Å². The molecule has 2 aliphatic heterocycles. The zero-order valence-corrected chi connectivity index (χ0v) is 28.2. The van der Waals surface area contributed by atoms with Crippen molar-refractivity contribution in [2.45, 2.75) is 35.1 Å². The van der Waals surface area contributed by atoms with E-state index in [1.165, 1.54) is 12.0 Å². The maximum Gasteiger partial charge on any atom is 0.254 e. The van der Waals surface area contributed by atoms with Gasteiger partial charge in [0, 0.05) is 10.4 Å². The lowest BCUT2D eigenvalue weighted by Crippen LogP contribution is -2.60. The van der Waals surface area contributed by atoms with Gasteiger partial charge in [-0.3, -0.25) is 29.0 Å². The number of alkyl halides is 3. The number of benzene rings is 2. The minimum atomic E-state index is -1.98. The van der Waals surface area contributed by atoms with Crippen molar-refractivity contribution < 1.29 is 29.0 Å². The minimum Gasteiger partial charge on any atom is -0.503 e. The molecule has 0 bridgehead atoms. The van der Waals surface area contributed by atoms with Crippen molar-refractivity contribution in [2.24, 2.45) is 17.8 Å². The Morgan fingerprint density at radius 2 is 1.69 bits per heavy atom. The maximum absolute atomic E-state index is 14.0. The number of nitrogens with zero attached hydrogens (tertiary/aromatic N) is 2. The van der Waals surface area contributed by atoms with E-state index in [9.17, 15) is 24.3 Å². The van der Waals surface area contributed by atoms with E-state index in [2.05, 4.69) is 47.8 Å². The number of hydrogen-bond donors (Lipinski definition) is 1. The van der Waals surface area contributed by atoms with Crippen LogP contribution in [-0.4, -0.2) is 60.8 Å². The number of phenolic OH excluding ortho intramolecular Hbond substituents is 1. The highest BCUT2D eigenvalue weighted by Crippen LogP contribution is 2.66. The monoisotopic (exact) mass is 802 g/mol. The summed E-state index contributed by atoms with van der Waals surface area (Å²) in [4.78, 5) is 53.8. The first-order chi connectivity index (χ1) is 19.9. The molecule has 220 valence electrons. The van der Waals surface area contributed by atoms with E-state index in [-0.39, 0.29) is 52.6 Å². The third kappa shape index (κ3) is 3.95. The molecule has 1 saturated carbocycles. The van der Waals surface area contributed by atoms with Crippen LogP contribution in [0.2, 0.25) is 0 Å². The predicted octanol–water partition coefficient (Wildman–Crippen LogP) is 5.84. The van der Waals surface area contributed by atoms with E-state index in [4.69, 9.17) is 27.9 Å². The number of hydrogen-bond acceptors (Lipinski definition) is 6. The van der Waals surface area contributed by atoms with Gasteiger partial charge in [0.1, 0.15) is 0 Å². The highest BCUT2D eigenvalue weighted by molar-refractivity contribution is 9.13. The summed E-state index contributed by atoms with van der Waals surface area (Å²) in [7, 11) is 1.39. The van der Waals surface area contributed by atoms with Crippen LogP contribution in [0, 0.1) is 17.8 Å². The Labute approximate surface area is 276 Å². The molecule has 2 aliphatic carbocycles. The molecule has 2 saturated heterocycles. The second-order valence-electron chi connectivity index (χ2n) is 10.9. The number of halogens is 5. The Morgan fingerprint density at radius 3 is 2.33 bits per heavy atom. The summed E-state index contributed by atoms with van der Waals surface area (Å²) in [6, 6.07) is 10.8. The normalized spacial score (nSPS) is 32.1. The Kier molecular flexibility index (Phi) is 7.61. The fraction of sp³-hybridized carbons (Fsp3) is 0.379. The molecule has 2 aromatic rings. The number of fused-ring (bicyclic) bond motifs is 4. The maximum atomic E-state index is 14.0. The Morgan fingerprint density at radius 1 is 1.00 bits per heavy atom. The number of carbonyl (C=O) groups excluding carboxylic acids is 4. The molecule has 13 heteroatoms. The van der Waals surface area contributed by atoms with Crippen LogP contribution < -0.4 is 4.74 Å². The SMILES string of the molecule is COc1cc([C@H]2C3=CC[C@@H]4C(=O)N(Cc5ccccc5)C(=O)[C@@H]4[C@@H]3C[C@@]3(Cl)C(=O)N(CBr)C(=O)[C@@]23Cl)c(Br)c(Br)c1O. The van der Waals surface area contributed by atoms with Crippen molar-refractivity contribution in [3.05, 3.63) is 68.1 Å². The third-order valence-corrected chi connectivity index (χ3v) is 13.1. The molecule has 0 radical (unpaired) electrons. The highest BCUT2D eigenvalue weighted by atomic mass is 79.9. The summed E-state index contributed by atoms with van der Waals surface area (Å²) in [6.07, 6.45) is 2.01. The standard InChI is InChI=1S/C29H23Br3Cl2N2O6/c1-42-18-9-16(21(31)22(32)23(18)37)20-14-7-8-15-19(25(39)35(24(15)38)11-13-5-3-2-4-6-13)17(14)10-28(33)26(40)36(12-30)27(41)29(20,28)34/h2-7,9,15,17,19-20,37H,8,10-12H2,1H3/t15-,17+,19-,20+,28+,29-/m0/s1. The largest absolute Gasteiger partial charge is 0.503 e. The zero-order chi connectivity index (χ0) is 30.3. The molecule has 0 aromatic heterocycles. The van der Waals surface area contributed by atoms with Gasteiger partial charge < -0.3 is 9.84 Å². The summed E-state index contributed by atoms with van der Waals surface area (Å²) in [5, 5.41) is 10.6. The number of amides is 4. The molecular weight excluding hydrogens is 783 g/mol. The molecule has 42 heavy (non-hydrogen) atoms. The van der Waals surface area contributed by atoms with E-state index in [1.54, 1.807) is 6.07 Å². The van der Waals surface area contributed by atoms with Gasteiger partial charge in [-0.1, -0.05) is 57.9 Å². The average molecular weight is 806 g/mol. The summed E-state index contributed by atoms with van der Waals surface area (Å²) < 4.78 is 6.04. The number of aromatic hydroxyl groups is 1. The van der Waals surface area contributed by atoms with E-state index in [0.717, 1.165) is 10.5 Å². The van der Waals surface area contributed by atoms with Crippen LogP contribution in [0.15, 0.2) is 57.0 Å². The molecule has 2 heterocycles. The molecule has 6 rings (SSSR count). The van der Waals surface area contributed by atoms with Crippen LogP contribution in [-0.2, 0) is 25.7 Å². The lowest BCUT2D eigenvalue weighted by atomic mass is 9.56. The Hall–Kier alpha value is -1.92. The molecule has 2 aromatic carbocycles. The van der Waals surface area contributed by atoms with Crippen molar-refractivity contribution in [1.82, 2.24) is 9.80 Å². The third-order valence-electron chi connectivity index (χ3n) is 8.99. The summed E-state index contributed by atoms with van der Waals surface area (Å²) >= 11 is 24.7. The Balaban J connectivity index is 1.53. The molecule has 4 amide bonds. The molecule has 8 nitrogen and oxygen atoms in total. The predicted molar refractivity (Wildman–Crippen MR) is 165 cm³/mol. The van der Waals surface area contributed by atoms with Gasteiger partial charge >= 0.3 is 0 Å². The number of allylic oxidation sites excluding steroid dienone is 2. The molecule has 1 N–H and O–H groups in total. The number of rotatable bonds is 5. The topological polar surface area (TPSA) is 104 Å². The van der Waals surface area contributed by atoms with Crippen LogP contribution in [0.3, 0.4) is 0 Å². The molecule has 6 atom stereocenters. The van der Waals surface area contributed by atoms with Gasteiger partial charge in [-0.2, -0.15) is 0 Å². The van der Waals surface area contributed by atoms with E-state index in [0.29, 0.717) is 15.6 Å². The van der Waals surface area contributed by atoms with Crippen molar-refractivity contribution in [2.75, 3.05) is 12.6 Å². The van der Waals surface area contributed by atoms with Crippen LogP contribution in [0.25, 0.3) is 0 Å². The molecule has 0 unspecified atom stereocenters. The number of methoxy groups -OCH3 is 1. The average Bonchev–Trinajstić information content (AvgIpc) is 3.30. The van der Waals surface area contributed by atoms with Crippen molar-refractivity contribution in [3.8, 4) is 11.5 Å². The molecule has 0 spiro atoms. The van der Waals surface area contributed by atoms with Gasteiger partial charge in [0.25, 0.3) is 11.8 Å². The number of phenols is 1. The van der Waals surface area contributed by atoms with Crippen molar-refractivity contribution in [1.29, 1.82) is 0 Å². The van der Waals surface area contributed by atoms with Gasteiger partial charge in [0.15, 0.2) is 21.2 Å². The molecule has 4 aliphatic rings. The van der Waals surface area contributed by atoms with Crippen LogP contribution in [0.1, 0.15) is 29.9 Å². The minimum absolute atomic E-state index is 0.104. The first-order valence-electron chi connectivity index (χ1n) is 13.1. The first kappa shape index (κ1) is 30.1. The second kappa shape index (κ2) is 10.6. The van der Waals surface area contributed by atoms with Crippen molar-refractivity contribution >= 4 is 94.6 Å². The van der Waals surface area contributed by atoms with Gasteiger partial charge in [-0.25, -0.2) is 0 Å². The van der Waals surface area contributed by atoms with Gasteiger partial charge in [-0.15, -0.1) is 23.2 Å². The van der Waals surface area contributed by atoms with Gasteiger partial charge in [0.05, 0.1) is 35.4 Å². The fourth-order valence-electron chi connectivity index (χ4n) is 7.06. The fourth-order valence-corrected chi connectivity index (χ4v) is 9.44. The number of ether oxygens (including phenoxy) is 1. The summed E-state index contributed by atoms with van der Waals surface area (Å²) in [5.74, 6) is -5.15. The van der Waals surface area contributed by atoms with Crippen molar-refractivity contribution in [3.63, 3.8) is 0 Å². The molecule has 3 fully saturated rings. The number of imide groups is 2. The van der Waals surface area contributed by atoms with Crippen LogP contribution >= 0.6 is 71.0 Å².